The highest BCUT2D eigenvalue weighted by molar-refractivity contribution is 6.09. The summed E-state index contributed by atoms with van der Waals surface area (Å²) in [4.78, 5) is 45.0. The topological polar surface area (TPSA) is 91.4 Å². The molecule has 0 saturated carbocycles. The number of amides is 3. The van der Waals surface area contributed by atoms with Crippen LogP contribution in [-0.2, 0) is 16.1 Å². The number of carbonyl (C=O) groups excluding carboxylic acids is 3. The van der Waals surface area contributed by atoms with Crippen LogP contribution in [-0.4, -0.2) is 61.6 Å². The molecule has 9 heteroatoms. The molecule has 190 valence electrons. The van der Waals surface area contributed by atoms with Crippen LogP contribution in [0.15, 0.2) is 36.4 Å². The number of hydrogen-bond donors (Lipinski definition) is 1. The fraction of sp³-hybridized carbons (Fsp3) is 0.444. The van der Waals surface area contributed by atoms with Gasteiger partial charge in [-0.1, -0.05) is 6.07 Å². The second-order valence-electron chi connectivity index (χ2n) is 9.27. The van der Waals surface area contributed by atoms with E-state index in [9.17, 15) is 14.4 Å². The SMILES string of the molecule is CCN(CC)C(=O)c1ccc2c(c1)N(CC(=O)NCc1ccc3c(c1)OCO3)C(=O)C1CCCCN21. The Kier molecular flexibility index (Phi) is 6.71. The van der Waals surface area contributed by atoms with Crippen molar-refractivity contribution in [2.24, 2.45) is 0 Å². The molecule has 1 atom stereocenters. The van der Waals surface area contributed by atoms with Crippen molar-refractivity contribution < 1.29 is 23.9 Å². The van der Waals surface area contributed by atoms with Crippen LogP contribution in [0, 0.1) is 0 Å². The second-order valence-corrected chi connectivity index (χ2v) is 9.27. The Morgan fingerprint density at radius 1 is 1.03 bits per heavy atom. The largest absolute Gasteiger partial charge is 0.454 e. The van der Waals surface area contributed by atoms with Crippen molar-refractivity contribution in [3.05, 3.63) is 47.5 Å². The first-order valence-electron chi connectivity index (χ1n) is 12.7. The first-order valence-corrected chi connectivity index (χ1v) is 12.7. The Balaban J connectivity index is 1.38. The minimum absolute atomic E-state index is 0.0803. The van der Waals surface area contributed by atoms with Crippen molar-refractivity contribution in [2.45, 2.75) is 45.7 Å². The predicted octanol–water partition coefficient (Wildman–Crippen LogP) is 2.92. The smallest absolute Gasteiger partial charge is 0.253 e. The standard InChI is InChI=1S/C27H32N4O5/c1-3-29(4-2)26(33)19-9-10-20-22(14-19)31(27(34)21-7-5-6-12-30(20)21)16-25(32)28-15-18-8-11-23-24(13-18)36-17-35-23/h8-11,13-14,21H,3-7,12,15-17H2,1-2H3,(H,28,32). The van der Waals surface area contributed by atoms with E-state index in [4.69, 9.17) is 9.47 Å². The molecule has 5 rings (SSSR count). The number of nitrogens with one attached hydrogen (secondary N) is 1. The first kappa shape index (κ1) is 24.0. The number of carbonyl (C=O) groups is 3. The van der Waals surface area contributed by atoms with Crippen LogP contribution in [0.5, 0.6) is 11.5 Å². The fourth-order valence-corrected chi connectivity index (χ4v) is 5.20. The molecule has 3 heterocycles. The molecule has 0 bridgehead atoms. The zero-order chi connectivity index (χ0) is 25.2. The highest BCUT2D eigenvalue weighted by Crippen LogP contribution is 2.40. The molecule has 36 heavy (non-hydrogen) atoms. The van der Waals surface area contributed by atoms with Crippen LogP contribution in [0.2, 0.25) is 0 Å². The molecule has 0 aromatic heterocycles. The minimum Gasteiger partial charge on any atom is -0.454 e. The third-order valence-corrected chi connectivity index (χ3v) is 7.16. The number of anilines is 2. The van der Waals surface area contributed by atoms with E-state index in [0.29, 0.717) is 42.4 Å². The van der Waals surface area contributed by atoms with Gasteiger partial charge in [0.15, 0.2) is 11.5 Å². The lowest BCUT2D eigenvalue weighted by atomic mass is 9.95. The number of nitrogens with zero attached hydrogens (tertiary/aromatic N) is 3. The first-order chi connectivity index (χ1) is 17.5. The third kappa shape index (κ3) is 4.45. The number of benzene rings is 2. The lowest BCUT2D eigenvalue weighted by Crippen LogP contribution is -2.57. The van der Waals surface area contributed by atoms with Gasteiger partial charge in [0.25, 0.3) is 5.91 Å². The molecule has 2 aromatic rings. The van der Waals surface area contributed by atoms with E-state index in [1.807, 2.05) is 44.2 Å². The summed E-state index contributed by atoms with van der Waals surface area (Å²) in [7, 11) is 0. The molecule has 3 aliphatic rings. The Morgan fingerprint density at radius 2 is 1.83 bits per heavy atom. The third-order valence-electron chi connectivity index (χ3n) is 7.16. The molecule has 2 aromatic carbocycles. The second kappa shape index (κ2) is 10.1. The predicted molar refractivity (Wildman–Crippen MR) is 135 cm³/mol. The van der Waals surface area contributed by atoms with Crippen molar-refractivity contribution in [2.75, 3.05) is 42.8 Å². The van der Waals surface area contributed by atoms with Gasteiger partial charge in [-0.15, -0.1) is 0 Å². The monoisotopic (exact) mass is 492 g/mol. The van der Waals surface area contributed by atoms with Crippen LogP contribution in [0.1, 0.15) is 49.0 Å². The Labute approximate surface area is 210 Å². The van der Waals surface area contributed by atoms with Gasteiger partial charge in [0.2, 0.25) is 18.6 Å². The quantitative estimate of drug-likeness (QED) is 0.639. The normalized spacial score (nSPS) is 17.9. The molecule has 3 aliphatic heterocycles. The summed E-state index contributed by atoms with van der Waals surface area (Å²) in [6.45, 7) is 6.27. The maximum atomic E-state index is 13.6. The van der Waals surface area contributed by atoms with E-state index in [-0.39, 0.29) is 37.1 Å². The van der Waals surface area contributed by atoms with E-state index >= 15 is 0 Å². The molecular formula is C27H32N4O5. The molecule has 0 aliphatic carbocycles. The summed E-state index contributed by atoms with van der Waals surface area (Å²) in [5, 5.41) is 2.92. The van der Waals surface area contributed by atoms with Crippen molar-refractivity contribution in [3.8, 4) is 11.5 Å². The van der Waals surface area contributed by atoms with Crippen LogP contribution < -0.4 is 24.6 Å². The summed E-state index contributed by atoms with van der Waals surface area (Å²) < 4.78 is 10.7. The molecule has 3 amide bonds. The molecule has 1 fully saturated rings. The summed E-state index contributed by atoms with van der Waals surface area (Å²) in [5.74, 6) is 0.908. The number of rotatable bonds is 7. The van der Waals surface area contributed by atoms with Crippen LogP contribution in [0.4, 0.5) is 11.4 Å². The van der Waals surface area contributed by atoms with Gasteiger partial charge in [0.1, 0.15) is 12.6 Å². The lowest BCUT2D eigenvalue weighted by molar-refractivity contribution is -0.125. The minimum atomic E-state index is -0.280. The fourth-order valence-electron chi connectivity index (χ4n) is 5.20. The number of piperidine rings is 1. The maximum Gasteiger partial charge on any atom is 0.253 e. The van der Waals surface area contributed by atoms with Gasteiger partial charge >= 0.3 is 0 Å². The van der Waals surface area contributed by atoms with E-state index in [1.54, 1.807) is 15.9 Å². The molecular weight excluding hydrogens is 460 g/mol. The van der Waals surface area contributed by atoms with E-state index in [1.165, 1.54) is 0 Å². The maximum absolute atomic E-state index is 13.6. The van der Waals surface area contributed by atoms with Gasteiger partial charge in [0.05, 0.1) is 11.4 Å². The van der Waals surface area contributed by atoms with E-state index < -0.39 is 0 Å². The van der Waals surface area contributed by atoms with Gasteiger partial charge in [-0.2, -0.15) is 0 Å². The lowest BCUT2D eigenvalue weighted by Gasteiger charge is -2.45. The Bertz CT molecular complexity index is 1180. The highest BCUT2D eigenvalue weighted by atomic mass is 16.7. The number of ether oxygens (including phenoxy) is 2. The van der Waals surface area contributed by atoms with Crippen molar-refractivity contribution in [3.63, 3.8) is 0 Å². The molecule has 0 radical (unpaired) electrons. The number of fused-ring (bicyclic) bond motifs is 4. The van der Waals surface area contributed by atoms with Gasteiger partial charge < -0.3 is 24.6 Å². The van der Waals surface area contributed by atoms with Gasteiger partial charge in [-0.3, -0.25) is 19.3 Å². The van der Waals surface area contributed by atoms with Crippen molar-refractivity contribution >= 4 is 29.1 Å². The molecule has 1 saturated heterocycles. The summed E-state index contributed by atoms with van der Waals surface area (Å²) in [6, 6.07) is 10.8. The summed E-state index contributed by atoms with van der Waals surface area (Å²) in [6.07, 6.45) is 2.75. The van der Waals surface area contributed by atoms with E-state index in [0.717, 1.165) is 37.1 Å². The van der Waals surface area contributed by atoms with Gasteiger partial charge in [-0.25, -0.2) is 0 Å². The van der Waals surface area contributed by atoms with Gasteiger partial charge in [0, 0.05) is 31.7 Å². The number of hydrogen-bond acceptors (Lipinski definition) is 6. The molecule has 0 spiro atoms. The van der Waals surface area contributed by atoms with Crippen molar-refractivity contribution in [1.29, 1.82) is 0 Å². The van der Waals surface area contributed by atoms with Crippen LogP contribution in [0.3, 0.4) is 0 Å². The average Bonchev–Trinajstić information content (AvgIpc) is 3.38. The van der Waals surface area contributed by atoms with E-state index in [2.05, 4.69) is 10.2 Å². The van der Waals surface area contributed by atoms with Gasteiger partial charge in [-0.05, 0) is 69.0 Å². The summed E-state index contributed by atoms with van der Waals surface area (Å²) in [5.41, 5.74) is 2.92. The Hall–Kier alpha value is -3.75. The summed E-state index contributed by atoms with van der Waals surface area (Å²) >= 11 is 0. The van der Waals surface area contributed by atoms with Crippen molar-refractivity contribution in [1.82, 2.24) is 10.2 Å². The molecule has 1 N–H and O–H groups in total. The molecule has 1 unspecified atom stereocenters. The zero-order valence-electron chi connectivity index (χ0n) is 20.8. The van der Waals surface area contributed by atoms with Crippen LogP contribution >= 0.6 is 0 Å². The Morgan fingerprint density at radius 3 is 2.64 bits per heavy atom. The van der Waals surface area contributed by atoms with Crippen LogP contribution in [0.25, 0.3) is 0 Å². The zero-order valence-corrected chi connectivity index (χ0v) is 20.8. The highest BCUT2D eigenvalue weighted by Gasteiger charge is 2.40. The molecule has 9 nitrogen and oxygen atoms in total. The average molecular weight is 493 g/mol.